The van der Waals surface area contributed by atoms with Crippen LogP contribution in [0.2, 0.25) is 0 Å². The summed E-state index contributed by atoms with van der Waals surface area (Å²) in [5.41, 5.74) is 5.79. The van der Waals surface area contributed by atoms with Crippen LogP contribution >= 0.6 is 23.1 Å². The number of fused-ring (bicyclic) bond motifs is 1. The molecule has 1 amide bonds. The maximum absolute atomic E-state index is 11.5. The Hall–Kier alpha value is -3.42. The SMILES string of the molecule is CCOc1ccc2nc(Sc3ccc(/C=C(\C#N)C(N)=O)cc3[N+](=O)[O-])sc2c1. The molecule has 0 spiro atoms. The lowest BCUT2D eigenvalue weighted by molar-refractivity contribution is -0.387. The Bertz CT molecular complexity index is 1180. The first-order chi connectivity index (χ1) is 13.9. The Balaban J connectivity index is 1.94. The van der Waals surface area contributed by atoms with Crippen LogP contribution in [0.15, 0.2) is 51.2 Å². The summed E-state index contributed by atoms with van der Waals surface area (Å²) < 4.78 is 7.05. The second kappa shape index (κ2) is 8.72. The molecule has 0 saturated heterocycles. The van der Waals surface area contributed by atoms with Crippen LogP contribution in [-0.2, 0) is 4.79 Å². The minimum Gasteiger partial charge on any atom is -0.494 e. The van der Waals surface area contributed by atoms with Crippen molar-refractivity contribution in [3.8, 4) is 11.8 Å². The number of nitrogens with zero attached hydrogens (tertiary/aromatic N) is 3. The number of nitro benzene ring substituents is 1. The van der Waals surface area contributed by atoms with Gasteiger partial charge in [0.05, 0.1) is 26.6 Å². The topological polar surface area (TPSA) is 132 Å². The second-order valence-corrected chi connectivity index (χ2v) is 7.98. The van der Waals surface area contributed by atoms with Gasteiger partial charge in [-0.05, 0) is 42.8 Å². The van der Waals surface area contributed by atoms with Crippen LogP contribution < -0.4 is 10.5 Å². The highest BCUT2D eigenvalue weighted by Gasteiger charge is 2.18. The first-order valence-electron chi connectivity index (χ1n) is 8.32. The summed E-state index contributed by atoms with van der Waals surface area (Å²) in [5.74, 6) is -0.153. The minimum absolute atomic E-state index is 0.153. The number of amides is 1. The molecule has 1 aromatic heterocycles. The van der Waals surface area contributed by atoms with Crippen molar-refractivity contribution < 1.29 is 14.5 Å². The molecule has 0 bridgehead atoms. The lowest BCUT2D eigenvalue weighted by Gasteiger charge is -2.02. The molecular weight excluding hydrogens is 412 g/mol. The first-order valence-corrected chi connectivity index (χ1v) is 9.96. The van der Waals surface area contributed by atoms with Gasteiger partial charge >= 0.3 is 0 Å². The number of carbonyl (C=O) groups is 1. The number of nitro groups is 1. The van der Waals surface area contributed by atoms with Crippen molar-refractivity contribution >= 4 is 51.0 Å². The van der Waals surface area contributed by atoms with Gasteiger partial charge in [0.15, 0.2) is 4.34 Å². The number of ether oxygens (including phenoxy) is 1. The van der Waals surface area contributed by atoms with Gasteiger partial charge < -0.3 is 10.5 Å². The summed E-state index contributed by atoms with van der Waals surface area (Å²) in [5, 5.41) is 20.5. The molecule has 3 aromatic rings. The molecule has 29 heavy (non-hydrogen) atoms. The van der Waals surface area contributed by atoms with Crippen molar-refractivity contribution in [1.82, 2.24) is 4.98 Å². The van der Waals surface area contributed by atoms with E-state index < -0.39 is 10.8 Å². The van der Waals surface area contributed by atoms with Crippen LogP contribution in [0, 0.1) is 21.4 Å². The van der Waals surface area contributed by atoms with Gasteiger partial charge in [0.2, 0.25) is 0 Å². The van der Waals surface area contributed by atoms with E-state index in [2.05, 4.69) is 4.98 Å². The summed E-state index contributed by atoms with van der Waals surface area (Å²) in [6.45, 7) is 2.46. The zero-order valence-electron chi connectivity index (χ0n) is 15.1. The number of hydrogen-bond acceptors (Lipinski definition) is 8. The van der Waals surface area contributed by atoms with Crippen LogP contribution in [0.5, 0.6) is 5.75 Å². The minimum atomic E-state index is -0.894. The quantitative estimate of drug-likeness (QED) is 0.260. The molecule has 0 fully saturated rings. The average Bonchev–Trinajstić information content (AvgIpc) is 3.08. The molecule has 0 radical (unpaired) electrons. The van der Waals surface area contributed by atoms with Crippen LogP contribution in [0.25, 0.3) is 16.3 Å². The van der Waals surface area contributed by atoms with E-state index in [1.807, 2.05) is 25.1 Å². The molecule has 146 valence electrons. The summed E-state index contributed by atoms with van der Waals surface area (Å²) in [6.07, 6.45) is 1.22. The molecule has 0 aliphatic carbocycles. The number of benzene rings is 2. The van der Waals surface area contributed by atoms with Gasteiger partial charge in [-0.25, -0.2) is 4.98 Å². The number of hydrogen-bond donors (Lipinski definition) is 1. The Kier molecular flexibility index (Phi) is 6.11. The van der Waals surface area contributed by atoms with E-state index >= 15 is 0 Å². The predicted octanol–water partition coefficient (Wildman–Crippen LogP) is 4.15. The van der Waals surface area contributed by atoms with Crippen molar-refractivity contribution in [2.24, 2.45) is 5.73 Å². The van der Waals surface area contributed by atoms with E-state index in [4.69, 9.17) is 15.7 Å². The third kappa shape index (κ3) is 4.71. The zero-order chi connectivity index (χ0) is 21.0. The molecule has 0 aliphatic heterocycles. The molecule has 0 atom stereocenters. The third-order valence-corrected chi connectivity index (χ3v) is 5.87. The normalized spacial score (nSPS) is 11.2. The average molecular weight is 426 g/mol. The number of aromatic nitrogens is 1. The number of primary amides is 1. The van der Waals surface area contributed by atoms with Crippen molar-refractivity contribution in [2.45, 2.75) is 16.2 Å². The van der Waals surface area contributed by atoms with Crippen molar-refractivity contribution in [1.29, 1.82) is 5.26 Å². The van der Waals surface area contributed by atoms with Gasteiger partial charge in [0.25, 0.3) is 11.6 Å². The largest absolute Gasteiger partial charge is 0.494 e. The fourth-order valence-corrected chi connectivity index (χ4v) is 4.59. The fraction of sp³-hybridized carbons (Fsp3) is 0.105. The number of rotatable bonds is 7. The summed E-state index contributed by atoms with van der Waals surface area (Å²) >= 11 is 2.58. The Morgan fingerprint density at radius 3 is 2.86 bits per heavy atom. The fourth-order valence-electron chi connectivity index (χ4n) is 2.46. The van der Waals surface area contributed by atoms with Crippen LogP contribution in [-0.4, -0.2) is 22.4 Å². The van der Waals surface area contributed by atoms with Gasteiger partial charge in [0, 0.05) is 6.07 Å². The summed E-state index contributed by atoms with van der Waals surface area (Å²) in [6, 6.07) is 11.7. The van der Waals surface area contributed by atoms with E-state index in [1.54, 1.807) is 18.2 Å². The molecule has 0 aliphatic rings. The maximum Gasteiger partial charge on any atom is 0.283 e. The number of thiazole rings is 1. The molecule has 2 aromatic carbocycles. The lowest BCUT2D eigenvalue weighted by Crippen LogP contribution is -2.12. The van der Waals surface area contributed by atoms with Gasteiger partial charge in [0.1, 0.15) is 17.4 Å². The van der Waals surface area contributed by atoms with Crippen LogP contribution in [0.1, 0.15) is 12.5 Å². The molecule has 1 heterocycles. The van der Waals surface area contributed by atoms with Crippen molar-refractivity contribution in [2.75, 3.05) is 6.61 Å². The van der Waals surface area contributed by atoms with Crippen molar-refractivity contribution in [3.63, 3.8) is 0 Å². The monoisotopic (exact) mass is 426 g/mol. The second-order valence-electron chi connectivity index (χ2n) is 5.66. The van der Waals surface area contributed by atoms with Gasteiger partial charge in [-0.3, -0.25) is 14.9 Å². The van der Waals surface area contributed by atoms with Gasteiger partial charge in [-0.15, -0.1) is 11.3 Å². The summed E-state index contributed by atoms with van der Waals surface area (Å²) in [4.78, 5) is 27.1. The number of nitrogens with two attached hydrogens (primary N) is 1. The molecule has 0 saturated carbocycles. The standard InChI is InChI=1S/C19H14N4O4S2/c1-2-27-13-4-5-14-17(9-13)29-19(22-14)28-16-6-3-11(8-15(16)23(25)26)7-12(10-20)18(21)24/h3-9H,2H2,1H3,(H2,21,24)/b12-7+. The van der Waals surface area contributed by atoms with Crippen LogP contribution in [0.3, 0.4) is 0 Å². The number of carbonyl (C=O) groups excluding carboxylic acids is 1. The van der Waals surface area contributed by atoms with E-state index in [9.17, 15) is 14.9 Å². The van der Waals surface area contributed by atoms with Crippen LogP contribution in [0.4, 0.5) is 5.69 Å². The highest BCUT2D eigenvalue weighted by molar-refractivity contribution is 8.01. The van der Waals surface area contributed by atoms with E-state index in [1.165, 1.54) is 35.2 Å². The predicted molar refractivity (Wildman–Crippen MR) is 111 cm³/mol. The Morgan fingerprint density at radius 1 is 1.41 bits per heavy atom. The Labute approximate surface area is 173 Å². The van der Waals surface area contributed by atoms with Gasteiger partial charge in [-0.1, -0.05) is 17.8 Å². The molecule has 2 N–H and O–H groups in total. The highest BCUT2D eigenvalue weighted by Crippen LogP contribution is 2.39. The van der Waals surface area contributed by atoms with E-state index in [0.717, 1.165) is 16.0 Å². The molecule has 3 rings (SSSR count). The molecular formula is C19H14N4O4S2. The third-order valence-electron chi connectivity index (χ3n) is 3.73. The van der Waals surface area contributed by atoms with Gasteiger partial charge in [-0.2, -0.15) is 5.26 Å². The van der Waals surface area contributed by atoms with E-state index in [-0.39, 0.29) is 11.3 Å². The van der Waals surface area contributed by atoms with Crippen molar-refractivity contribution in [3.05, 3.63) is 57.6 Å². The molecule has 10 heteroatoms. The summed E-state index contributed by atoms with van der Waals surface area (Å²) in [7, 11) is 0. The smallest absolute Gasteiger partial charge is 0.283 e. The van der Waals surface area contributed by atoms with E-state index in [0.29, 0.717) is 21.4 Å². The Morgan fingerprint density at radius 2 is 2.21 bits per heavy atom. The molecule has 8 nitrogen and oxygen atoms in total. The first kappa shape index (κ1) is 20.3. The molecule has 0 unspecified atom stereocenters. The number of nitriles is 1. The zero-order valence-corrected chi connectivity index (χ0v) is 16.8. The lowest BCUT2D eigenvalue weighted by atomic mass is 10.1. The maximum atomic E-state index is 11.5. The highest BCUT2D eigenvalue weighted by atomic mass is 32.2.